The molecule has 142 valence electrons. The molecule has 13 heteroatoms. The summed E-state index contributed by atoms with van der Waals surface area (Å²) >= 11 is 0. The lowest BCUT2D eigenvalue weighted by atomic mass is 10.2. The third-order valence-electron chi connectivity index (χ3n) is 3.82. The molecule has 0 radical (unpaired) electrons. The maximum atomic E-state index is 12.4. The molecule has 0 aliphatic carbocycles. The van der Waals surface area contributed by atoms with Crippen molar-refractivity contribution >= 4 is 21.9 Å². The molecular formula is C12H18F3N5O4S. The van der Waals surface area contributed by atoms with Crippen molar-refractivity contribution in [2.45, 2.75) is 25.1 Å². The molecule has 2 rings (SSSR count). The third kappa shape index (κ3) is 4.61. The van der Waals surface area contributed by atoms with Crippen LogP contribution in [0.2, 0.25) is 0 Å². The maximum Gasteiger partial charge on any atom is 0.491 e. The van der Waals surface area contributed by atoms with E-state index < -0.39 is 28.2 Å². The Balaban J connectivity index is 2.36. The number of alkyl halides is 3. The van der Waals surface area contributed by atoms with E-state index in [1.807, 2.05) is 4.90 Å². The normalized spacial score (nSPS) is 19.2. The topological polar surface area (TPSA) is 111 Å². The first-order chi connectivity index (χ1) is 11.4. The fourth-order valence-electron chi connectivity index (χ4n) is 2.59. The number of esters is 1. The van der Waals surface area contributed by atoms with Gasteiger partial charge in [0.2, 0.25) is 0 Å². The summed E-state index contributed by atoms with van der Waals surface area (Å²) in [5.74, 6) is -3.28. The van der Waals surface area contributed by atoms with Gasteiger partial charge in [0.15, 0.2) is 0 Å². The molecule has 1 atom stereocenters. The molecule has 2 heterocycles. The summed E-state index contributed by atoms with van der Waals surface area (Å²) in [7, 11) is -1.19. The van der Waals surface area contributed by atoms with Gasteiger partial charge < -0.3 is 9.64 Å². The van der Waals surface area contributed by atoms with Gasteiger partial charge in [-0.1, -0.05) is 0 Å². The largest absolute Gasteiger partial charge is 0.491 e. The number of nitrogens with zero attached hydrogens (tertiary/aromatic N) is 4. The lowest BCUT2D eigenvalue weighted by Crippen LogP contribution is -2.45. The molecule has 1 saturated heterocycles. The summed E-state index contributed by atoms with van der Waals surface area (Å²) in [5.41, 5.74) is -0.331. The minimum Gasteiger partial charge on any atom is -0.397 e. The van der Waals surface area contributed by atoms with Gasteiger partial charge in [0, 0.05) is 13.1 Å². The summed E-state index contributed by atoms with van der Waals surface area (Å²) in [6, 6.07) is -0.176. The number of likely N-dealkylation sites (N-methyl/N-ethyl adjacent to an activating group) is 1. The zero-order valence-electron chi connectivity index (χ0n) is 13.5. The van der Waals surface area contributed by atoms with Crippen molar-refractivity contribution in [3.05, 3.63) is 6.20 Å². The molecule has 0 spiro atoms. The average Bonchev–Trinajstić information content (AvgIpc) is 3.00. The minimum atomic E-state index is -5.24. The Morgan fingerprint density at radius 2 is 2.12 bits per heavy atom. The smallest absolute Gasteiger partial charge is 0.397 e. The van der Waals surface area contributed by atoms with Crippen LogP contribution in [-0.4, -0.2) is 61.4 Å². The van der Waals surface area contributed by atoms with Gasteiger partial charge in [-0.25, -0.2) is 14.2 Å². The first-order valence-electron chi connectivity index (χ1n) is 7.23. The Kier molecular flexibility index (Phi) is 5.30. The van der Waals surface area contributed by atoms with Gasteiger partial charge in [-0.2, -0.15) is 21.6 Å². The highest BCUT2D eigenvalue weighted by Gasteiger charge is 2.43. The van der Waals surface area contributed by atoms with E-state index in [2.05, 4.69) is 9.84 Å². The number of halogens is 3. The van der Waals surface area contributed by atoms with Crippen LogP contribution in [-0.2, 0) is 22.1 Å². The van der Waals surface area contributed by atoms with E-state index >= 15 is 0 Å². The molecule has 1 aliphatic heterocycles. The van der Waals surface area contributed by atoms with Crippen molar-refractivity contribution < 1.29 is 31.1 Å². The van der Waals surface area contributed by atoms with Crippen molar-refractivity contribution in [1.29, 1.82) is 0 Å². The van der Waals surface area contributed by atoms with Gasteiger partial charge in [0.25, 0.3) is 16.1 Å². The van der Waals surface area contributed by atoms with Crippen molar-refractivity contribution in [1.82, 2.24) is 14.7 Å². The molecular weight excluding hydrogens is 367 g/mol. The Hall–Kier alpha value is -1.86. The average molecular weight is 385 g/mol. The summed E-state index contributed by atoms with van der Waals surface area (Å²) in [6.07, 6.45) is -2.58. The molecule has 0 aromatic carbocycles. The first kappa shape index (κ1) is 19.5. The molecule has 0 amide bonds. The quantitative estimate of drug-likeness (QED) is 0.714. The third-order valence-corrected chi connectivity index (χ3v) is 4.78. The second-order valence-electron chi connectivity index (χ2n) is 5.73. The van der Waals surface area contributed by atoms with Gasteiger partial charge in [-0.3, -0.25) is 4.68 Å². The van der Waals surface area contributed by atoms with Gasteiger partial charge in [0.1, 0.15) is 5.69 Å². The number of anilines is 1. The molecule has 1 aliphatic rings. The van der Waals surface area contributed by atoms with Crippen LogP contribution in [0.1, 0.15) is 12.8 Å². The van der Waals surface area contributed by atoms with Crippen molar-refractivity contribution in [2.24, 2.45) is 12.2 Å². The van der Waals surface area contributed by atoms with E-state index in [1.54, 1.807) is 7.05 Å². The highest BCUT2D eigenvalue weighted by Crippen LogP contribution is 2.31. The molecule has 0 bridgehead atoms. The van der Waals surface area contributed by atoms with Gasteiger partial charge in [-0.05, 0) is 26.4 Å². The standard InChI is InChI=1S/C12H18F3N5O4S/c1-18-5-3-4-8(18)6-20(25(16,22)23)9-7-19(2)17-10(9)24-11(21)12(13,14)15/h7-8H,3-6H2,1-2H3,(H2,16,22,23)/t8-/m0/s1. The molecule has 9 nitrogen and oxygen atoms in total. The van der Waals surface area contributed by atoms with E-state index in [1.165, 1.54) is 7.05 Å². The van der Waals surface area contributed by atoms with Gasteiger partial charge >= 0.3 is 12.1 Å². The highest BCUT2D eigenvalue weighted by molar-refractivity contribution is 7.90. The van der Waals surface area contributed by atoms with E-state index in [0.717, 1.165) is 23.8 Å². The number of carbonyl (C=O) groups is 1. The second kappa shape index (κ2) is 6.80. The zero-order chi connectivity index (χ0) is 19.0. The predicted octanol–water partition coefficient (Wildman–Crippen LogP) is -0.00810. The lowest BCUT2D eigenvalue weighted by Gasteiger charge is -2.27. The zero-order valence-corrected chi connectivity index (χ0v) is 14.3. The number of aromatic nitrogens is 2. The molecule has 1 aromatic rings. The number of carbonyl (C=O) groups excluding carboxylic acids is 1. The fourth-order valence-corrected chi connectivity index (χ4v) is 3.36. The number of ether oxygens (including phenoxy) is 1. The van der Waals surface area contributed by atoms with Gasteiger partial charge in [-0.15, -0.1) is 5.10 Å². The predicted molar refractivity (Wildman–Crippen MR) is 81.0 cm³/mol. The van der Waals surface area contributed by atoms with Crippen LogP contribution < -0.4 is 14.2 Å². The Morgan fingerprint density at radius 1 is 1.48 bits per heavy atom. The molecule has 1 aromatic heterocycles. The number of nitrogens with two attached hydrogens (primary N) is 1. The SMILES string of the molecule is CN1CCC[C@H]1CN(c1cn(C)nc1OC(=O)C(F)(F)F)S(N)(=O)=O. The van der Waals surface area contributed by atoms with Crippen LogP contribution in [0.15, 0.2) is 6.20 Å². The number of rotatable bonds is 5. The second-order valence-corrected chi connectivity index (χ2v) is 7.20. The van der Waals surface area contributed by atoms with Crippen LogP contribution in [0.5, 0.6) is 5.88 Å². The summed E-state index contributed by atoms with van der Waals surface area (Å²) in [5, 5.41) is 8.80. The highest BCUT2D eigenvalue weighted by atomic mass is 32.2. The van der Waals surface area contributed by atoms with Crippen molar-refractivity contribution in [2.75, 3.05) is 24.4 Å². The molecule has 1 fully saturated rings. The number of hydrogen-bond donors (Lipinski definition) is 1. The number of likely N-dealkylation sites (tertiary alicyclic amines) is 1. The van der Waals surface area contributed by atoms with Gasteiger partial charge in [0.05, 0.1) is 12.7 Å². The van der Waals surface area contributed by atoms with Crippen LogP contribution in [0.4, 0.5) is 18.9 Å². The number of hydrogen-bond acceptors (Lipinski definition) is 6. The van der Waals surface area contributed by atoms with E-state index in [9.17, 15) is 26.4 Å². The molecule has 2 N–H and O–H groups in total. The fraction of sp³-hybridized carbons (Fsp3) is 0.667. The van der Waals surface area contributed by atoms with Crippen LogP contribution in [0.3, 0.4) is 0 Å². The molecule has 0 saturated carbocycles. The summed E-state index contributed by atoms with van der Waals surface area (Å²) < 4.78 is 67.1. The van der Waals surface area contributed by atoms with E-state index in [4.69, 9.17) is 5.14 Å². The van der Waals surface area contributed by atoms with Crippen molar-refractivity contribution in [3.63, 3.8) is 0 Å². The monoisotopic (exact) mass is 385 g/mol. The lowest BCUT2D eigenvalue weighted by molar-refractivity contribution is -0.189. The molecule has 25 heavy (non-hydrogen) atoms. The summed E-state index contributed by atoms with van der Waals surface area (Å²) in [6.45, 7) is 0.656. The van der Waals surface area contributed by atoms with E-state index in [-0.39, 0.29) is 18.3 Å². The Labute approximate surface area is 142 Å². The molecule has 0 unspecified atom stereocenters. The maximum absolute atomic E-state index is 12.4. The Bertz CT molecular complexity index is 748. The van der Waals surface area contributed by atoms with Crippen LogP contribution >= 0.6 is 0 Å². The van der Waals surface area contributed by atoms with Crippen LogP contribution in [0, 0.1) is 0 Å². The van der Waals surface area contributed by atoms with Crippen LogP contribution in [0.25, 0.3) is 0 Å². The minimum absolute atomic E-state index is 0.0996. The van der Waals surface area contributed by atoms with E-state index in [0.29, 0.717) is 10.7 Å². The summed E-state index contributed by atoms with van der Waals surface area (Å²) in [4.78, 5) is 13.0. The van der Waals surface area contributed by atoms with Crippen molar-refractivity contribution in [3.8, 4) is 5.88 Å². The first-order valence-corrected chi connectivity index (χ1v) is 8.73. The number of aryl methyl sites for hydroxylation is 1. The Morgan fingerprint density at radius 3 is 2.60 bits per heavy atom.